The number of hydrogen-bond donors (Lipinski definition) is 1. The molecule has 0 fully saturated rings. The van der Waals surface area contributed by atoms with Crippen molar-refractivity contribution < 1.29 is 9.53 Å². The maximum Gasteiger partial charge on any atom is 0.307 e. The number of nitrogens with zero attached hydrogens (tertiary/aromatic N) is 4. The minimum Gasteiger partial charge on any atom is -0.469 e. The number of carbonyl (C=O) groups excluding carboxylic acids is 1. The van der Waals surface area contributed by atoms with Gasteiger partial charge in [-0.2, -0.15) is 9.97 Å². The van der Waals surface area contributed by atoms with E-state index in [0.29, 0.717) is 23.5 Å². The third-order valence-electron chi connectivity index (χ3n) is 2.15. The first-order valence-corrected chi connectivity index (χ1v) is 5.53. The maximum atomic E-state index is 11.0. The number of nitrogens with one attached hydrogen (secondary N) is 1. The van der Waals surface area contributed by atoms with Gasteiger partial charge in [0, 0.05) is 18.9 Å². The fraction of sp³-hybridized carbons (Fsp3) is 0.300. The van der Waals surface area contributed by atoms with Crippen molar-refractivity contribution in [2.24, 2.45) is 0 Å². The number of aromatic nitrogens is 4. The first kappa shape index (κ1) is 12.4. The molecule has 0 saturated carbocycles. The Morgan fingerprint density at radius 3 is 2.94 bits per heavy atom. The summed E-state index contributed by atoms with van der Waals surface area (Å²) in [7, 11) is 1.34. The predicted octanol–water partition coefficient (Wildman–Crippen LogP) is 1.05. The Kier molecular flexibility index (Phi) is 3.83. The van der Waals surface area contributed by atoms with E-state index in [2.05, 4.69) is 30.0 Å². The van der Waals surface area contributed by atoms with Crippen molar-refractivity contribution in [1.29, 1.82) is 0 Å². The second-order valence-electron chi connectivity index (χ2n) is 3.32. The minimum atomic E-state index is -0.307. The standard InChI is InChI=1S/C10H10ClN5O2/c1-18-6(17)2-3-13-8-7-9(14-5-4-12-7)16-10(11)15-8/h4-5H,2-3H2,1H3,(H,13,14,15,16). The highest BCUT2D eigenvalue weighted by Crippen LogP contribution is 2.17. The second kappa shape index (κ2) is 5.54. The topological polar surface area (TPSA) is 89.9 Å². The van der Waals surface area contributed by atoms with E-state index in [1.165, 1.54) is 19.5 Å². The number of methoxy groups -OCH3 is 1. The first-order chi connectivity index (χ1) is 8.70. The summed E-state index contributed by atoms with van der Waals surface area (Å²) < 4.78 is 4.53. The Morgan fingerprint density at radius 1 is 1.39 bits per heavy atom. The highest BCUT2D eigenvalue weighted by Gasteiger charge is 2.08. The molecule has 0 unspecified atom stereocenters. The van der Waals surface area contributed by atoms with E-state index in [-0.39, 0.29) is 17.7 Å². The van der Waals surface area contributed by atoms with Crippen molar-refractivity contribution in [3.05, 3.63) is 17.7 Å². The molecule has 0 amide bonds. The second-order valence-corrected chi connectivity index (χ2v) is 3.66. The Morgan fingerprint density at radius 2 is 2.17 bits per heavy atom. The molecule has 1 N–H and O–H groups in total. The molecule has 0 radical (unpaired) electrons. The van der Waals surface area contributed by atoms with E-state index < -0.39 is 0 Å². The fourth-order valence-corrected chi connectivity index (χ4v) is 1.51. The van der Waals surface area contributed by atoms with Crippen LogP contribution in [0.2, 0.25) is 5.28 Å². The molecule has 0 atom stereocenters. The molecule has 0 aromatic carbocycles. The summed E-state index contributed by atoms with van der Waals surface area (Å²) in [4.78, 5) is 27.1. The number of esters is 1. The Bertz CT molecular complexity index is 577. The summed E-state index contributed by atoms with van der Waals surface area (Å²) in [6.07, 6.45) is 3.27. The molecule has 0 saturated heterocycles. The number of carbonyl (C=O) groups is 1. The molecular weight excluding hydrogens is 258 g/mol. The molecule has 8 heteroatoms. The molecule has 0 aliphatic heterocycles. The summed E-state index contributed by atoms with van der Waals surface area (Å²) in [5.41, 5.74) is 0.907. The van der Waals surface area contributed by atoms with Crippen molar-refractivity contribution in [3.63, 3.8) is 0 Å². The van der Waals surface area contributed by atoms with Crippen LogP contribution in [0.4, 0.5) is 5.82 Å². The lowest BCUT2D eigenvalue weighted by Crippen LogP contribution is -2.11. The number of anilines is 1. The zero-order valence-corrected chi connectivity index (χ0v) is 10.3. The van der Waals surface area contributed by atoms with Gasteiger partial charge in [-0.25, -0.2) is 9.97 Å². The number of hydrogen-bond acceptors (Lipinski definition) is 7. The van der Waals surface area contributed by atoms with Crippen LogP contribution in [0.5, 0.6) is 0 Å². The van der Waals surface area contributed by atoms with Crippen LogP contribution in [0.15, 0.2) is 12.4 Å². The SMILES string of the molecule is COC(=O)CCNc1nc(Cl)nc2nccnc12. The van der Waals surface area contributed by atoms with Gasteiger partial charge in [-0.05, 0) is 11.6 Å². The van der Waals surface area contributed by atoms with Gasteiger partial charge in [-0.15, -0.1) is 0 Å². The maximum absolute atomic E-state index is 11.0. The lowest BCUT2D eigenvalue weighted by molar-refractivity contribution is -0.140. The van der Waals surface area contributed by atoms with Crippen LogP contribution in [-0.2, 0) is 9.53 Å². The molecule has 0 bridgehead atoms. The van der Waals surface area contributed by atoms with Gasteiger partial charge in [0.1, 0.15) is 0 Å². The summed E-state index contributed by atoms with van der Waals surface area (Å²) in [6, 6.07) is 0. The summed E-state index contributed by atoms with van der Waals surface area (Å²) in [5, 5.41) is 3.03. The Balaban J connectivity index is 2.19. The molecule has 2 aromatic rings. The zero-order chi connectivity index (χ0) is 13.0. The van der Waals surface area contributed by atoms with Crippen LogP contribution in [0.3, 0.4) is 0 Å². The highest BCUT2D eigenvalue weighted by atomic mass is 35.5. The normalized spacial score (nSPS) is 10.3. The summed E-state index contributed by atoms with van der Waals surface area (Å²) >= 11 is 5.77. The van der Waals surface area contributed by atoms with E-state index in [1.807, 2.05) is 0 Å². The molecule has 0 aliphatic carbocycles. The van der Waals surface area contributed by atoms with E-state index in [1.54, 1.807) is 0 Å². The third-order valence-corrected chi connectivity index (χ3v) is 2.32. The van der Waals surface area contributed by atoms with Crippen LogP contribution in [-0.4, -0.2) is 39.6 Å². The van der Waals surface area contributed by atoms with Crippen molar-refractivity contribution >= 4 is 34.6 Å². The minimum absolute atomic E-state index is 0.0727. The number of halogens is 1. The van der Waals surface area contributed by atoms with Gasteiger partial charge in [0.05, 0.1) is 13.5 Å². The average Bonchev–Trinajstić information content (AvgIpc) is 2.38. The summed E-state index contributed by atoms with van der Waals surface area (Å²) in [6.45, 7) is 0.367. The molecule has 0 spiro atoms. The van der Waals surface area contributed by atoms with Gasteiger partial charge in [0.25, 0.3) is 0 Å². The molecule has 0 aliphatic rings. The molecule has 7 nitrogen and oxygen atoms in total. The zero-order valence-electron chi connectivity index (χ0n) is 9.55. The summed E-state index contributed by atoms with van der Waals surface area (Å²) in [5.74, 6) is 0.139. The van der Waals surface area contributed by atoms with Gasteiger partial charge in [0.2, 0.25) is 5.28 Å². The lowest BCUT2D eigenvalue weighted by Gasteiger charge is -2.06. The number of rotatable bonds is 4. The third kappa shape index (κ3) is 2.80. The Hall–Kier alpha value is -2.02. The van der Waals surface area contributed by atoms with E-state index >= 15 is 0 Å². The number of fused-ring (bicyclic) bond motifs is 1. The predicted molar refractivity (Wildman–Crippen MR) is 65.3 cm³/mol. The van der Waals surface area contributed by atoms with Crippen LogP contribution < -0.4 is 5.32 Å². The molecule has 2 rings (SSSR count). The quantitative estimate of drug-likeness (QED) is 0.654. The fourth-order valence-electron chi connectivity index (χ4n) is 1.35. The van der Waals surface area contributed by atoms with Gasteiger partial charge in [-0.3, -0.25) is 4.79 Å². The van der Waals surface area contributed by atoms with E-state index in [9.17, 15) is 4.79 Å². The Labute approximate surface area is 108 Å². The highest BCUT2D eigenvalue weighted by molar-refractivity contribution is 6.28. The monoisotopic (exact) mass is 267 g/mol. The lowest BCUT2D eigenvalue weighted by atomic mass is 10.4. The van der Waals surface area contributed by atoms with Crippen LogP contribution in [0, 0.1) is 0 Å². The van der Waals surface area contributed by atoms with Gasteiger partial charge in [0.15, 0.2) is 17.0 Å². The average molecular weight is 268 g/mol. The molecule has 18 heavy (non-hydrogen) atoms. The van der Waals surface area contributed by atoms with E-state index in [4.69, 9.17) is 11.6 Å². The van der Waals surface area contributed by atoms with Crippen molar-refractivity contribution in [2.45, 2.75) is 6.42 Å². The van der Waals surface area contributed by atoms with Gasteiger partial charge < -0.3 is 10.1 Å². The number of ether oxygens (including phenoxy) is 1. The van der Waals surface area contributed by atoms with Crippen molar-refractivity contribution in [3.8, 4) is 0 Å². The molecular formula is C10H10ClN5O2. The molecule has 2 aromatic heterocycles. The molecule has 2 heterocycles. The van der Waals surface area contributed by atoms with Gasteiger partial charge >= 0.3 is 5.97 Å². The van der Waals surface area contributed by atoms with Crippen molar-refractivity contribution in [1.82, 2.24) is 19.9 Å². The molecule has 94 valence electrons. The van der Waals surface area contributed by atoms with Gasteiger partial charge in [-0.1, -0.05) is 0 Å². The van der Waals surface area contributed by atoms with E-state index in [0.717, 1.165) is 0 Å². The first-order valence-electron chi connectivity index (χ1n) is 5.15. The van der Waals surface area contributed by atoms with Crippen LogP contribution >= 0.6 is 11.6 Å². The van der Waals surface area contributed by atoms with Crippen LogP contribution in [0.1, 0.15) is 6.42 Å². The van der Waals surface area contributed by atoms with Crippen molar-refractivity contribution in [2.75, 3.05) is 19.0 Å². The largest absolute Gasteiger partial charge is 0.469 e. The smallest absolute Gasteiger partial charge is 0.307 e. The van der Waals surface area contributed by atoms with Crippen LogP contribution in [0.25, 0.3) is 11.2 Å².